The number of halogens is 3. The van der Waals surface area contributed by atoms with Crippen molar-refractivity contribution in [2.24, 2.45) is 0 Å². The molecule has 0 bridgehead atoms. The first-order valence-electron chi connectivity index (χ1n) is 10.8. The Balaban J connectivity index is 0.00000272. The fraction of sp³-hybridized carbons (Fsp3) is 0.241. The molecule has 0 nitrogen and oxygen atoms in total. The number of benzene rings is 3. The van der Waals surface area contributed by atoms with E-state index in [1.165, 1.54) is 43.4 Å². The van der Waals surface area contributed by atoms with Gasteiger partial charge in [0.1, 0.15) is 8.07 Å². The topological polar surface area (TPSA) is 0 Å². The van der Waals surface area contributed by atoms with Crippen LogP contribution in [0.25, 0.3) is 0 Å². The maximum absolute atomic E-state index is 4.01. The Morgan fingerprint density at radius 3 is 1.44 bits per heavy atom. The first-order chi connectivity index (χ1) is 14.3. The molecule has 1 atom stereocenters. The zero-order chi connectivity index (χ0) is 21.5. The molecule has 0 aromatic heterocycles. The summed E-state index contributed by atoms with van der Waals surface area (Å²) in [5.74, 6) is 0. The van der Waals surface area contributed by atoms with E-state index >= 15 is 0 Å². The number of hydrogen-bond donors (Lipinski definition) is 0. The van der Waals surface area contributed by atoms with Crippen LogP contribution in [0.3, 0.4) is 0 Å². The number of hydrogen-bond acceptors (Lipinski definition) is 0. The van der Waals surface area contributed by atoms with Crippen LogP contribution in [-0.2, 0) is 21.7 Å². The van der Waals surface area contributed by atoms with Crippen LogP contribution in [0.1, 0.15) is 38.8 Å². The van der Waals surface area contributed by atoms with Gasteiger partial charge >= 0.3 is 21.7 Å². The summed E-state index contributed by atoms with van der Waals surface area (Å²) < 4.78 is 0. The van der Waals surface area contributed by atoms with Crippen LogP contribution in [0.2, 0.25) is 5.04 Å². The first-order valence-corrected chi connectivity index (χ1v) is 12.8. The third kappa shape index (κ3) is 5.21. The maximum atomic E-state index is 4.01. The Kier molecular flexibility index (Phi) is 12.4. The summed E-state index contributed by atoms with van der Waals surface area (Å²) in [6.07, 6.45) is 4.01. The van der Waals surface area contributed by atoms with Crippen molar-refractivity contribution in [3.63, 3.8) is 0 Å². The molecule has 5 heteroatoms. The van der Waals surface area contributed by atoms with E-state index in [4.69, 9.17) is 0 Å². The van der Waals surface area contributed by atoms with Gasteiger partial charge < -0.3 is 37.2 Å². The van der Waals surface area contributed by atoms with Gasteiger partial charge in [0.2, 0.25) is 0 Å². The normalized spacial score (nSPS) is 16.9. The molecular formula is C29H31Cl3SiTi. The quantitative estimate of drug-likeness (QED) is 0.178. The molecule has 176 valence electrons. The van der Waals surface area contributed by atoms with Gasteiger partial charge in [-0.25, -0.2) is 5.57 Å². The summed E-state index contributed by atoms with van der Waals surface area (Å²) in [5, 5.41) is 4.19. The molecule has 3 aromatic rings. The van der Waals surface area contributed by atoms with Crippen LogP contribution in [0, 0.1) is 19.9 Å². The predicted octanol–water partition coefficient (Wildman–Crippen LogP) is -3.36. The average molecular weight is 562 g/mol. The van der Waals surface area contributed by atoms with Crippen LogP contribution >= 0.6 is 0 Å². The van der Waals surface area contributed by atoms with E-state index < -0.39 is 8.07 Å². The third-order valence-electron chi connectivity index (χ3n) is 7.17. The zero-order valence-corrected chi connectivity index (χ0v) is 25.5. The Labute approximate surface area is 240 Å². The van der Waals surface area contributed by atoms with Crippen LogP contribution in [-0.4, -0.2) is 8.07 Å². The summed E-state index contributed by atoms with van der Waals surface area (Å²) in [4.78, 5) is 0. The molecule has 0 saturated carbocycles. The van der Waals surface area contributed by atoms with Crippen molar-refractivity contribution in [1.82, 2.24) is 0 Å². The molecule has 1 aliphatic rings. The van der Waals surface area contributed by atoms with E-state index in [2.05, 4.69) is 126 Å². The Bertz CT molecular complexity index is 1130. The second-order valence-corrected chi connectivity index (χ2v) is 13.2. The SMILES string of the molecule is CC1=[C-]C(C)([Si](c2ccccc2)(c2cccc(C)c2)c2cccc(C)c2)C(C)=C1C.[Cl-].[Cl-].[Cl-].[Ti+4]. The molecule has 0 amide bonds. The van der Waals surface area contributed by atoms with Gasteiger partial charge in [-0.1, -0.05) is 116 Å². The smallest absolute Gasteiger partial charge is 1.00 e. The van der Waals surface area contributed by atoms with Gasteiger partial charge in [-0.2, -0.15) is 11.1 Å². The summed E-state index contributed by atoms with van der Waals surface area (Å²) in [6.45, 7) is 13.7. The monoisotopic (exact) mass is 560 g/mol. The van der Waals surface area contributed by atoms with Crippen molar-refractivity contribution < 1.29 is 58.9 Å². The molecule has 0 aliphatic heterocycles. The van der Waals surface area contributed by atoms with Gasteiger partial charge in [-0.3, -0.25) is 6.08 Å². The van der Waals surface area contributed by atoms with Crippen molar-refractivity contribution in [3.05, 3.63) is 113 Å². The number of allylic oxidation sites excluding steroid dienone is 4. The first kappa shape index (κ1) is 32.9. The minimum atomic E-state index is -2.51. The molecule has 1 aliphatic carbocycles. The van der Waals surface area contributed by atoms with E-state index in [1.54, 1.807) is 0 Å². The fourth-order valence-corrected chi connectivity index (χ4v) is 11.5. The van der Waals surface area contributed by atoms with Crippen molar-refractivity contribution in [1.29, 1.82) is 0 Å². The fourth-order valence-electron chi connectivity index (χ4n) is 5.40. The maximum Gasteiger partial charge on any atom is 4.00 e. The molecule has 0 fully saturated rings. The molecule has 0 radical (unpaired) electrons. The Morgan fingerprint density at radius 2 is 1.06 bits per heavy atom. The molecule has 0 spiro atoms. The minimum absolute atomic E-state index is 0. The van der Waals surface area contributed by atoms with Gasteiger partial charge in [0.05, 0.1) is 0 Å². The minimum Gasteiger partial charge on any atom is -1.00 e. The third-order valence-corrected chi connectivity index (χ3v) is 12.7. The van der Waals surface area contributed by atoms with Gasteiger partial charge in [0, 0.05) is 0 Å². The van der Waals surface area contributed by atoms with Crippen LogP contribution in [0.5, 0.6) is 0 Å². The van der Waals surface area contributed by atoms with E-state index in [1.807, 2.05) is 0 Å². The standard InChI is InChI=1S/C29H31Si.3ClH.Ti/c1-21-12-10-16-27(18-21)30(26-14-8-7-9-15-26,28-17-11-13-22(2)19-28)29(6)20-23(3)24(4)25(29)5;;;;/h7-19H,1-6H3;3*1H;/q-1;;;;+4/p-3. The molecule has 0 saturated heterocycles. The van der Waals surface area contributed by atoms with E-state index in [-0.39, 0.29) is 64.0 Å². The molecule has 34 heavy (non-hydrogen) atoms. The predicted molar refractivity (Wildman–Crippen MR) is 133 cm³/mol. The van der Waals surface area contributed by atoms with Gasteiger partial charge in [-0.05, 0) is 29.4 Å². The molecular weight excluding hydrogens is 531 g/mol. The summed E-state index contributed by atoms with van der Waals surface area (Å²) in [5.41, 5.74) is 6.77. The number of aryl methyl sites for hydroxylation is 2. The molecule has 0 heterocycles. The van der Waals surface area contributed by atoms with Gasteiger partial charge in [0.15, 0.2) is 0 Å². The largest absolute Gasteiger partial charge is 4.00 e. The van der Waals surface area contributed by atoms with Crippen LogP contribution in [0.15, 0.2) is 95.6 Å². The van der Waals surface area contributed by atoms with Gasteiger partial charge in [-0.15, -0.1) is 6.92 Å². The average Bonchev–Trinajstić information content (AvgIpc) is 2.93. The Hall–Kier alpha value is -1.06. The van der Waals surface area contributed by atoms with Crippen LogP contribution < -0.4 is 52.8 Å². The van der Waals surface area contributed by atoms with Crippen molar-refractivity contribution in [2.45, 2.75) is 46.6 Å². The van der Waals surface area contributed by atoms with E-state index in [9.17, 15) is 0 Å². The molecule has 0 N–H and O–H groups in total. The Morgan fingerprint density at radius 1 is 0.618 bits per heavy atom. The molecule has 4 rings (SSSR count). The second-order valence-electron chi connectivity index (χ2n) is 8.98. The second kappa shape index (κ2) is 12.8. The summed E-state index contributed by atoms with van der Waals surface area (Å²) in [7, 11) is -2.51. The van der Waals surface area contributed by atoms with E-state index in [0.717, 1.165) is 0 Å². The van der Waals surface area contributed by atoms with Crippen molar-refractivity contribution >= 4 is 23.6 Å². The van der Waals surface area contributed by atoms with Gasteiger partial charge in [0.25, 0.3) is 0 Å². The van der Waals surface area contributed by atoms with Crippen molar-refractivity contribution in [3.8, 4) is 0 Å². The molecule has 1 unspecified atom stereocenters. The zero-order valence-electron chi connectivity index (χ0n) is 20.6. The van der Waals surface area contributed by atoms with Crippen molar-refractivity contribution in [2.75, 3.05) is 0 Å². The van der Waals surface area contributed by atoms with Crippen LogP contribution in [0.4, 0.5) is 0 Å². The summed E-state index contributed by atoms with van der Waals surface area (Å²) >= 11 is 0. The molecule has 3 aromatic carbocycles. The summed E-state index contributed by atoms with van der Waals surface area (Å²) in [6, 6.07) is 29.7. The van der Waals surface area contributed by atoms with E-state index in [0.29, 0.717) is 0 Å². The number of rotatable bonds is 4.